The highest BCUT2D eigenvalue weighted by atomic mass is 32.1. The molecule has 0 aliphatic carbocycles. The van der Waals surface area contributed by atoms with Crippen LogP contribution in [0.25, 0.3) is 0 Å². The van der Waals surface area contributed by atoms with Gasteiger partial charge in [0.1, 0.15) is 5.01 Å². The predicted molar refractivity (Wildman–Crippen MR) is 71.3 cm³/mol. The van der Waals surface area contributed by atoms with Gasteiger partial charge in [0.15, 0.2) is 0 Å². The van der Waals surface area contributed by atoms with E-state index in [0.717, 1.165) is 0 Å². The molecule has 3 heterocycles. The third kappa shape index (κ3) is 1.83. The first-order valence-electron chi connectivity index (χ1n) is 6.64. The Bertz CT molecular complexity index is 376. The minimum absolute atomic E-state index is 0.124. The van der Waals surface area contributed by atoms with Crippen molar-refractivity contribution in [3.05, 3.63) is 16.6 Å². The van der Waals surface area contributed by atoms with Crippen LogP contribution < -0.4 is 5.32 Å². The normalized spacial score (nSPS) is 33.5. The van der Waals surface area contributed by atoms with E-state index >= 15 is 0 Å². The van der Waals surface area contributed by atoms with Crippen LogP contribution in [0.1, 0.15) is 38.1 Å². The summed E-state index contributed by atoms with van der Waals surface area (Å²) in [6, 6.07) is 1.18. The lowest BCUT2D eigenvalue weighted by atomic mass is 9.88. The summed E-state index contributed by atoms with van der Waals surface area (Å²) in [6.07, 6.45) is 5.82. The molecule has 0 aromatic carbocycles. The number of nitrogens with zero attached hydrogens (tertiary/aromatic N) is 2. The van der Waals surface area contributed by atoms with Crippen LogP contribution in [0.2, 0.25) is 0 Å². The number of aromatic nitrogens is 1. The van der Waals surface area contributed by atoms with Gasteiger partial charge in [-0.15, -0.1) is 11.3 Å². The van der Waals surface area contributed by atoms with Crippen molar-refractivity contribution < 1.29 is 0 Å². The lowest BCUT2D eigenvalue weighted by Crippen LogP contribution is -2.52. The smallest absolute Gasteiger partial charge is 0.114 e. The van der Waals surface area contributed by atoms with Crippen LogP contribution in [0.4, 0.5) is 0 Å². The number of thiazole rings is 1. The third-order valence-corrected chi connectivity index (χ3v) is 5.04. The maximum atomic E-state index is 4.61. The van der Waals surface area contributed by atoms with Crippen LogP contribution >= 0.6 is 11.3 Å². The Balaban J connectivity index is 1.97. The van der Waals surface area contributed by atoms with Gasteiger partial charge in [0, 0.05) is 30.2 Å². The molecule has 3 nitrogen and oxygen atoms in total. The SMILES string of the molecule is CC(C)NC1(c2nccs2)CCN2CCCC21. The van der Waals surface area contributed by atoms with Crippen molar-refractivity contribution in [2.24, 2.45) is 0 Å². The van der Waals surface area contributed by atoms with Crippen molar-refractivity contribution in [3.63, 3.8) is 0 Å². The average molecular weight is 251 g/mol. The molecule has 1 aromatic rings. The van der Waals surface area contributed by atoms with E-state index in [9.17, 15) is 0 Å². The highest BCUT2D eigenvalue weighted by molar-refractivity contribution is 7.09. The van der Waals surface area contributed by atoms with Crippen LogP contribution in [0.5, 0.6) is 0 Å². The van der Waals surface area contributed by atoms with Crippen molar-refractivity contribution in [2.45, 2.75) is 50.7 Å². The Morgan fingerprint density at radius 2 is 2.41 bits per heavy atom. The fourth-order valence-electron chi connectivity index (χ4n) is 3.58. The molecule has 0 saturated carbocycles. The van der Waals surface area contributed by atoms with Gasteiger partial charge in [0.25, 0.3) is 0 Å². The summed E-state index contributed by atoms with van der Waals surface area (Å²) in [5.41, 5.74) is 0.124. The van der Waals surface area contributed by atoms with Crippen LogP contribution in [-0.4, -0.2) is 35.1 Å². The van der Waals surface area contributed by atoms with E-state index in [0.29, 0.717) is 12.1 Å². The molecular weight excluding hydrogens is 230 g/mol. The molecule has 2 atom stereocenters. The molecule has 17 heavy (non-hydrogen) atoms. The molecule has 0 spiro atoms. The summed E-state index contributed by atoms with van der Waals surface area (Å²) in [7, 11) is 0. The van der Waals surface area contributed by atoms with Crippen LogP contribution in [-0.2, 0) is 5.54 Å². The molecule has 1 N–H and O–H groups in total. The summed E-state index contributed by atoms with van der Waals surface area (Å²) in [5.74, 6) is 0. The molecule has 1 aromatic heterocycles. The van der Waals surface area contributed by atoms with Crippen LogP contribution in [0.15, 0.2) is 11.6 Å². The van der Waals surface area contributed by atoms with E-state index in [2.05, 4.69) is 34.4 Å². The molecule has 4 heteroatoms. The van der Waals surface area contributed by atoms with Crippen molar-refractivity contribution in [1.29, 1.82) is 0 Å². The summed E-state index contributed by atoms with van der Waals surface area (Å²) >= 11 is 1.81. The van der Waals surface area contributed by atoms with E-state index in [1.165, 1.54) is 37.4 Å². The molecule has 3 rings (SSSR count). The number of hydrogen-bond donors (Lipinski definition) is 1. The van der Waals surface area contributed by atoms with Gasteiger partial charge < -0.3 is 5.32 Å². The Hall–Kier alpha value is -0.450. The molecule has 2 aliphatic heterocycles. The zero-order valence-electron chi connectivity index (χ0n) is 10.6. The Morgan fingerprint density at radius 3 is 3.12 bits per heavy atom. The number of nitrogens with one attached hydrogen (secondary N) is 1. The van der Waals surface area contributed by atoms with E-state index in [1.54, 1.807) is 0 Å². The molecule has 0 bridgehead atoms. The van der Waals surface area contributed by atoms with Gasteiger partial charge in [-0.05, 0) is 39.7 Å². The molecule has 2 fully saturated rings. The highest BCUT2D eigenvalue weighted by Gasteiger charge is 2.51. The van der Waals surface area contributed by atoms with Gasteiger partial charge >= 0.3 is 0 Å². The van der Waals surface area contributed by atoms with Gasteiger partial charge in [0.05, 0.1) is 5.54 Å². The third-order valence-electron chi connectivity index (χ3n) is 4.09. The summed E-state index contributed by atoms with van der Waals surface area (Å²) in [4.78, 5) is 7.26. The quantitative estimate of drug-likeness (QED) is 0.892. The Labute approximate surface area is 107 Å². The van der Waals surface area contributed by atoms with E-state index < -0.39 is 0 Å². The number of hydrogen-bond acceptors (Lipinski definition) is 4. The van der Waals surface area contributed by atoms with E-state index in [4.69, 9.17) is 0 Å². The summed E-state index contributed by atoms with van der Waals surface area (Å²) in [6.45, 7) is 6.99. The zero-order chi connectivity index (χ0) is 11.9. The van der Waals surface area contributed by atoms with E-state index in [1.807, 2.05) is 17.5 Å². The van der Waals surface area contributed by atoms with Gasteiger partial charge in [-0.3, -0.25) is 4.90 Å². The van der Waals surface area contributed by atoms with Crippen molar-refractivity contribution in [3.8, 4) is 0 Å². The second-order valence-electron chi connectivity index (χ2n) is 5.55. The van der Waals surface area contributed by atoms with Gasteiger partial charge in [-0.2, -0.15) is 0 Å². The van der Waals surface area contributed by atoms with Crippen LogP contribution in [0, 0.1) is 0 Å². The van der Waals surface area contributed by atoms with Gasteiger partial charge in [0.2, 0.25) is 0 Å². The fraction of sp³-hybridized carbons (Fsp3) is 0.769. The molecule has 0 radical (unpaired) electrons. The Kier molecular flexibility index (Phi) is 2.97. The second-order valence-corrected chi connectivity index (χ2v) is 6.45. The molecule has 94 valence electrons. The second kappa shape index (κ2) is 4.34. The molecule has 2 aliphatic rings. The van der Waals surface area contributed by atoms with Crippen molar-refractivity contribution >= 4 is 11.3 Å². The first-order chi connectivity index (χ1) is 8.22. The molecule has 2 unspecified atom stereocenters. The maximum Gasteiger partial charge on any atom is 0.114 e. The first-order valence-corrected chi connectivity index (χ1v) is 7.52. The van der Waals surface area contributed by atoms with Gasteiger partial charge in [-0.25, -0.2) is 4.98 Å². The molecule has 2 saturated heterocycles. The van der Waals surface area contributed by atoms with Gasteiger partial charge in [-0.1, -0.05) is 0 Å². The monoisotopic (exact) mass is 251 g/mol. The van der Waals surface area contributed by atoms with Crippen molar-refractivity contribution in [2.75, 3.05) is 13.1 Å². The maximum absolute atomic E-state index is 4.61. The number of rotatable bonds is 3. The molecular formula is C13H21N3S. The topological polar surface area (TPSA) is 28.2 Å². The highest BCUT2D eigenvalue weighted by Crippen LogP contribution is 2.43. The lowest BCUT2D eigenvalue weighted by Gasteiger charge is -2.36. The zero-order valence-corrected chi connectivity index (χ0v) is 11.5. The number of fused-ring (bicyclic) bond motifs is 1. The predicted octanol–water partition coefficient (Wildman–Crippen LogP) is 2.20. The standard InChI is InChI=1S/C13H21N3S/c1-10(2)15-13(12-14-6-9-17-12)5-8-16-7-3-4-11(13)16/h6,9-11,15H,3-5,7-8H2,1-2H3. The summed E-state index contributed by atoms with van der Waals surface area (Å²) in [5, 5.41) is 7.24. The first kappa shape index (κ1) is 11.6. The van der Waals surface area contributed by atoms with Crippen LogP contribution in [0.3, 0.4) is 0 Å². The van der Waals surface area contributed by atoms with Crippen molar-refractivity contribution in [1.82, 2.24) is 15.2 Å². The molecule has 0 amide bonds. The average Bonchev–Trinajstić information content (AvgIpc) is 2.94. The van der Waals surface area contributed by atoms with E-state index in [-0.39, 0.29) is 5.54 Å². The minimum atomic E-state index is 0.124. The lowest BCUT2D eigenvalue weighted by molar-refractivity contribution is 0.212. The largest absolute Gasteiger partial charge is 0.302 e. The summed E-state index contributed by atoms with van der Waals surface area (Å²) < 4.78 is 0. The minimum Gasteiger partial charge on any atom is -0.302 e. The fourth-order valence-corrected chi connectivity index (χ4v) is 4.46. The Morgan fingerprint density at radius 1 is 1.53 bits per heavy atom.